The Labute approximate surface area is 132 Å². The fourth-order valence-corrected chi connectivity index (χ4v) is 3.59. The van der Waals surface area contributed by atoms with E-state index in [1.54, 1.807) is 6.92 Å². The first-order valence-corrected chi connectivity index (χ1v) is 8.67. The van der Waals surface area contributed by atoms with Crippen molar-refractivity contribution in [1.29, 1.82) is 0 Å². The number of nitrogens with one attached hydrogen (secondary N) is 1. The summed E-state index contributed by atoms with van der Waals surface area (Å²) in [7, 11) is -3.85. The number of halogens is 2. The van der Waals surface area contributed by atoms with Crippen molar-refractivity contribution in [1.82, 2.24) is 4.72 Å². The molecule has 0 aliphatic carbocycles. The van der Waals surface area contributed by atoms with Gasteiger partial charge in [-0.2, -0.15) is 0 Å². The number of hydrogen-bond acceptors (Lipinski definition) is 2. The lowest BCUT2D eigenvalue weighted by atomic mass is 10.1. The van der Waals surface area contributed by atoms with Crippen molar-refractivity contribution in [3.05, 3.63) is 64.4 Å². The molecule has 0 saturated carbocycles. The van der Waals surface area contributed by atoms with Crippen molar-refractivity contribution < 1.29 is 12.8 Å². The van der Waals surface area contributed by atoms with Crippen LogP contribution in [0, 0.1) is 5.82 Å². The first-order chi connectivity index (χ1) is 9.88. The van der Waals surface area contributed by atoms with Crippen LogP contribution in [0.2, 0.25) is 0 Å². The van der Waals surface area contributed by atoms with Gasteiger partial charge in [0.05, 0.1) is 0 Å². The van der Waals surface area contributed by atoms with Crippen LogP contribution >= 0.6 is 15.9 Å². The minimum Gasteiger partial charge on any atom is -0.208 e. The summed E-state index contributed by atoms with van der Waals surface area (Å²) in [4.78, 5) is -0.326. The molecule has 0 aromatic heterocycles. The van der Waals surface area contributed by atoms with Crippen LogP contribution in [0.15, 0.2) is 57.9 Å². The number of rotatable bonds is 5. The molecule has 1 atom stereocenters. The van der Waals surface area contributed by atoms with Gasteiger partial charge < -0.3 is 0 Å². The molecule has 6 heteroatoms. The summed E-state index contributed by atoms with van der Waals surface area (Å²) in [5.41, 5.74) is 1.00. The standard InChI is InChI=1S/C15H15BrFNO2S/c1-11(10-12-6-8-13(16)9-7-12)18-21(19,20)15-5-3-2-4-14(15)17/h2-9,11,18H,10H2,1H3. The summed E-state index contributed by atoms with van der Waals surface area (Å²) in [6.45, 7) is 1.75. The fraction of sp³-hybridized carbons (Fsp3) is 0.200. The van der Waals surface area contributed by atoms with Crippen molar-refractivity contribution in [3.63, 3.8) is 0 Å². The molecular weight excluding hydrogens is 357 g/mol. The molecule has 112 valence electrons. The molecule has 0 heterocycles. The van der Waals surface area contributed by atoms with Crippen molar-refractivity contribution in [2.24, 2.45) is 0 Å². The third-order valence-corrected chi connectivity index (χ3v) is 5.09. The second kappa shape index (κ2) is 6.68. The van der Waals surface area contributed by atoms with Gasteiger partial charge in [-0.05, 0) is 43.2 Å². The average Bonchev–Trinajstić information content (AvgIpc) is 2.41. The highest BCUT2D eigenvalue weighted by molar-refractivity contribution is 9.10. The molecule has 0 fully saturated rings. The van der Waals surface area contributed by atoms with Crippen LogP contribution in [0.4, 0.5) is 4.39 Å². The Morgan fingerprint density at radius 2 is 1.76 bits per heavy atom. The third-order valence-electron chi connectivity index (χ3n) is 2.94. The molecule has 21 heavy (non-hydrogen) atoms. The minimum atomic E-state index is -3.85. The Morgan fingerprint density at radius 1 is 1.14 bits per heavy atom. The molecule has 0 amide bonds. The van der Waals surface area contributed by atoms with E-state index < -0.39 is 15.8 Å². The maximum atomic E-state index is 13.6. The molecule has 0 radical (unpaired) electrons. The van der Waals surface area contributed by atoms with Crippen molar-refractivity contribution in [2.45, 2.75) is 24.3 Å². The summed E-state index contributed by atoms with van der Waals surface area (Å²) < 4.78 is 41.3. The van der Waals surface area contributed by atoms with Crippen LogP contribution in [0.3, 0.4) is 0 Å². The van der Waals surface area contributed by atoms with Crippen LogP contribution in [-0.2, 0) is 16.4 Å². The molecule has 2 rings (SSSR count). The van der Waals surface area contributed by atoms with Gasteiger partial charge in [-0.25, -0.2) is 17.5 Å². The predicted octanol–water partition coefficient (Wildman–Crippen LogP) is 3.50. The second-order valence-electron chi connectivity index (χ2n) is 4.78. The van der Waals surface area contributed by atoms with Crippen molar-refractivity contribution in [2.75, 3.05) is 0 Å². The van der Waals surface area contributed by atoms with E-state index in [1.807, 2.05) is 24.3 Å². The van der Waals surface area contributed by atoms with Crippen LogP contribution in [0.25, 0.3) is 0 Å². The quantitative estimate of drug-likeness (QED) is 0.873. The first kappa shape index (κ1) is 16.1. The van der Waals surface area contributed by atoms with Gasteiger partial charge in [0, 0.05) is 10.5 Å². The molecule has 3 nitrogen and oxygen atoms in total. The summed E-state index contributed by atoms with van der Waals surface area (Å²) in [5, 5.41) is 0. The Balaban J connectivity index is 2.10. The minimum absolute atomic E-state index is 0.326. The zero-order chi connectivity index (χ0) is 15.5. The summed E-state index contributed by atoms with van der Waals surface area (Å²) in [6, 6.07) is 12.6. The van der Waals surface area contributed by atoms with E-state index in [-0.39, 0.29) is 10.9 Å². The van der Waals surface area contributed by atoms with Gasteiger partial charge in [0.1, 0.15) is 10.7 Å². The molecule has 0 aliphatic heterocycles. The summed E-state index contributed by atoms with van der Waals surface area (Å²) in [5.74, 6) is -0.749. The maximum absolute atomic E-state index is 13.6. The summed E-state index contributed by atoms with van der Waals surface area (Å²) in [6.07, 6.45) is 0.529. The predicted molar refractivity (Wildman–Crippen MR) is 84.0 cm³/mol. The van der Waals surface area contributed by atoms with Crippen molar-refractivity contribution >= 4 is 26.0 Å². The van der Waals surface area contributed by atoms with E-state index >= 15 is 0 Å². The zero-order valence-electron chi connectivity index (χ0n) is 11.4. The number of hydrogen-bond donors (Lipinski definition) is 1. The normalized spacial score (nSPS) is 13.1. The molecule has 0 bridgehead atoms. The Bertz CT molecular complexity index is 717. The number of benzene rings is 2. The first-order valence-electron chi connectivity index (χ1n) is 6.40. The maximum Gasteiger partial charge on any atom is 0.243 e. The molecule has 2 aromatic carbocycles. The van der Waals surface area contributed by atoms with Gasteiger partial charge in [-0.1, -0.05) is 40.2 Å². The Hall–Kier alpha value is -1.24. The molecule has 1 N–H and O–H groups in total. The monoisotopic (exact) mass is 371 g/mol. The van der Waals surface area contributed by atoms with E-state index in [9.17, 15) is 12.8 Å². The van der Waals surface area contributed by atoms with Crippen LogP contribution in [-0.4, -0.2) is 14.5 Å². The van der Waals surface area contributed by atoms with E-state index in [4.69, 9.17) is 0 Å². The van der Waals surface area contributed by atoms with Gasteiger partial charge in [0.15, 0.2) is 0 Å². The number of sulfonamides is 1. The zero-order valence-corrected chi connectivity index (χ0v) is 13.8. The largest absolute Gasteiger partial charge is 0.243 e. The lowest BCUT2D eigenvalue weighted by molar-refractivity contribution is 0.542. The molecule has 2 aromatic rings. The van der Waals surface area contributed by atoms with Crippen molar-refractivity contribution in [3.8, 4) is 0 Å². The molecular formula is C15H15BrFNO2S. The van der Waals surface area contributed by atoms with E-state index in [1.165, 1.54) is 18.2 Å². The molecule has 1 unspecified atom stereocenters. The van der Waals surface area contributed by atoms with Crippen LogP contribution in [0.1, 0.15) is 12.5 Å². The third kappa shape index (κ3) is 4.36. The Kier molecular flexibility index (Phi) is 5.13. The smallest absolute Gasteiger partial charge is 0.208 e. The van der Waals surface area contributed by atoms with Gasteiger partial charge in [0.25, 0.3) is 0 Å². The topological polar surface area (TPSA) is 46.2 Å². The lowest BCUT2D eigenvalue weighted by Gasteiger charge is -2.14. The van der Waals surface area contributed by atoms with E-state index in [0.717, 1.165) is 16.1 Å². The summed E-state index contributed by atoms with van der Waals surface area (Å²) >= 11 is 3.35. The Morgan fingerprint density at radius 3 is 2.38 bits per heavy atom. The van der Waals surface area contributed by atoms with Gasteiger partial charge in [-0.3, -0.25) is 0 Å². The van der Waals surface area contributed by atoms with Gasteiger partial charge >= 0.3 is 0 Å². The van der Waals surface area contributed by atoms with E-state index in [2.05, 4.69) is 20.7 Å². The van der Waals surface area contributed by atoms with Crippen LogP contribution < -0.4 is 4.72 Å². The molecule has 0 saturated heterocycles. The second-order valence-corrected chi connectivity index (χ2v) is 7.38. The lowest BCUT2D eigenvalue weighted by Crippen LogP contribution is -2.34. The fourth-order valence-electron chi connectivity index (χ4n) is 2.01. The van der Waals surface area contributed by atoms with E-state index in [0.29, 0.717) is 6.42 Å². The highest BCUT2D eigenvalue weighted by atomic mass is 79.9. The highest BCUT2D eigenvalue weighted by Gasteiger charge is 2.20. The van der Waals surface area contributed by atoms with Gasteiger partial charge in [-0.15, -0.1) is 0 Å². The SMILES string of the molecule is CC(Cc1ccc(Br)cc1)NS(=O)(=O)c1ccccc1F. The highest BCUT2D eigenvalue weighted by Crippen LogP contribution is 2.15. The average molecular weight is 372 g/mol. The van der Waals surface area contributed by atoms with Gasteiger partial charge in [0.2, 0.25) is 10.0 Å². The molecule has 0 spiro atoms. The van der Waals surface area contributed by atoms with Crippen LogP contribution in [0.5, 0.6) is 0 Å². The molecule has 0 aliphatic rings.